The third-order valence-corrected chi connectivity index (χ3v) is 2.77. The van der Waals surface area contributed by atoms with Gasteiger partial charge in [-0.1, -0.05) is 18.9 Å². The van der Waals surface area contributed by atoms with Crippen molar-refractivity contribution in [2.45, 2.75) is 32.1 Å². The van der Waals surface area contributed by atoms with Crippen LogP contribution in [0.4, 0.5) is 16.2 Å². The lowest BCUT2D eigenvalue weighted by Gasteiger charge is -2.07. The van der Waals surface area contributed by atoms with Gasteiger partial charge in [0.15, 0.2) is 0 Å². The highest BCUT2D eigenvalue weighted by molar-refractivity contribution is 5.93. The largest absolute Gasteiger partial charge is 0.351 e. The fraction of sp³-hybridized carbons (Fsp3) is 0.429. The molecule has 0 atom stereocenters. The van der Waals surface area contributed by atoms with Gasteiger partial charge in [-0.05, 0) is 37.6 Å². The van der Waals surface area contributed by atoms with Crippen molar-refractivity contribution in [1.29, 1.82) is 0 Å². The van der Waals surface area contributed by atoms with Crippen LogP contribution in [-0.2, 0) is 4.79 Å². The number of unbranched alkanes of at least 4 members (excludes halogenated alkanes) is 3. The zero-order valence-electron chi connectivity index (χ0n) is 11.5. The first-order valence-electron chi connectivity index (χ1n) is 6.78. The summed E-state index contributed by atoms with van der Waals surface area (Å²) in [6.45, 7) is 0.700. The van der Waals surface area contributed by atoms with Crippen LogP contribution in [0.15, 0.2) is 24.3 Å². The van der Waals surface area contributed by atoms with Crippen LogP contribution in [0.5, 0.6) is 0 Å². The molecular formula is C14H22N4O2. The van der Waals surface area contributed by atoms with Crippen molar-refractivity contribution in [3.63, 3.8) is 0 Å². The van der Waals surface area contributed by atoms with E-state index < -0.39 is 6.03 Å². The van der Waals surface area contributed by atoms with Gasteiger partial charge in [0.2, 0.25) is 5.91 Å². The molecule has 0 fully saturated rings. The molecule has 1 rings (SSSR count). The maximum absolute atomic E-state index is 11.7. The van der Waals surface area contributed by atoms with Crippen molar-refractivity contribution < 1.29 is 9.59 Å². The van der Waals surface area contributed by atoms with E-state index >= 15 is 0 Å². The highest BCUT2D eigenvalue weighted by Crippen LogP contribution is 2.15. The molecule has 3 amide bonds. The van der Waals surface area contributed by atoms with Gasteiger partial charge in [0, 0.05) is 17.8 Å². The molecular weight excluding hydrogens is 256 g/mol. The van der Waals surface area contributed by atoms with Crippen LogP contribution in [-0.4, -0.2) is 18.5 Å². The van der Waals surface area contributed by atoms with Gasteiger partial charge in [0.25, 0.3) is 0 Å². The number of carbonyl (C=O) groups excluding carboxylic acids is 2. The minimum Gasteiger partial charge on any atom is -0.351 e. The molecule has 0 unspecified atom stereocenters. The molecule has 1 aromatic rings. The van der Waals surface area contributed by atoms with Gasteiger partial charge in [-0.2, -0.15) is 0 Å². The third-order valence-electron chi connectivity index (χ3n) is 2.77. The maximum Gasteiger partial charge on any atom is 0.316 e. The molecule has 0 heterocycles. The molecule has 0 saturated carbocycles. The van der Waals surface area contributed by atoms with Crippen LogP contribution >= 0.6 is 0 Å². The molecule has 6 nitrogen and oxygen atoms in total. The first-order valence-corrected chi connectivity index (χ1v) is 6.78. The van der Waals surface area contributed by atoms with E-state index in [1.165, 1.54) is 0 Å². The third kappa shape index (κ3) is 6.75. The summed E-state index contributed by atoms with van der Waals surface area (Å²) in [7, 11) is 0. The lowest BCUT2D eigenvalue weighted by Crippen LogP contribution is -2.19. The topological polar surface area (TPSA) is 110 Å². The summed E-state index contributed by atoms with van der Waals surface area (Å²) in [5, 5.41) is 5.25. The van der Waals surface area contributed by atoms with Crippen molar-refractivity contribution in [2.24, 2.45) is 11.5 Å². The van der Waals surface area contributed by atoms with Gasteiger partial charge in [-0.15, -0.1) is 0 Å². The zero-order valence-corrected chi connectivity index (χ0v) is 11.5. The minimum atomic E-state index is -0.631. The van der Waals surface area contributed by atoms with E-state index in [0.717, 1.165) is 25.7 Å². The molecule has 0 bridgehead atoms. The first-order chi connectivity index (χ1) is 9.61. The molecule has 6 heteroatoms. The molecule has 0 aromatic heterocycles. The summed E-state index contributed by atoms with van der Waals surface area (Å²) in [6.07, 6.45) is 4.40. The number of carbonyl (C=O) groups is 2. The number of rotatable bonds is 8. The second-order valence-corrected chi connectivity index (χ2v) is 4.57. The number of nitrogens with one attached hydrogen (secondary N) is 2. The van der Waals surface area contributed by atoms with Crippen LogP contribution in [0.1, 0.15) is 32.1 Å². The molecule has 0 radical (unpaired) electrons. The quantitative estimate of drug-likeness (QED) is 0.546. The molecule has 0 aliphatic rings. The fourth-order valence-electron chi connectivity index (χ4n) is 1.82. The van der Waals surface area contributed by atoms with E-state index in [0.29, 0.717) is 24.3 Å². The summed E-state index contributed by atoms with van der Waals surface area (Å²) in [5.41, 5.74) is 11.6. The molecule has 0 aliphatic heterocycles. The van der Waals surface area contributed by atoms with Crippen LogP contribution in [0.2, 0.25) is 0 Å². The zero-order chi connectivity index (χ0) is 14.8. The summed E-state index contributed by atoms with van der Waals surface area (Å²) < 4.78 is 0. The van der Waals surface area contributed by atoms with Gasteiger partial charge < -0.3 is 22.1 Å². The van der Waals surface area contributed by atoms with Crippen molar-refractivity contribution in [3.8, 4) is 0 Å². The number of anilines is 2. The van der Waals surface area contributed by atoms with Crippen LogP contribution < -0.4 is 22.1 Å². The fourth-order valence-corrected chi connectivity index (χ4v) is 1.82. The summed E-state index contributed by atoms with van der Waals surface area (Å²) >= 11 is 0. The Kier molecular flexibility index (Phi) is 7.13. The molecule has 0 aliphatic carbocycles. The van der Waals surface area contributed by atoms with Crippen LogP contribution in [0.25, 0.3) is 0 Å². The lowest BCUT2D eigenvalue weighted by molar-refractivity contribution is -0.116. The van der Waals surface area contributed by atoms with Crippen LogP contribution in [0.3, 0.4) is 0 Å². The number of urea groups is 1. The summed E-state index contributed by atoms with van der Waals surface area (Å²) in [5.74, 6) is -0.0334. The second kappa shape index (κ2) is 8.92. The van der Waals surface area contributed by atoms with Gasteiger partial charge in [-0.25, -0.2) is 4.79 Å². The summed E-state index contributed by atoms with van der Waals surface area (Å²) in [4.78, 5) is 22.5. The highest BCUT2D eigenvalue weighted by Gasteiger charge is 2.03. The average molecular weight is 278 g/mol. The van der Waals surface area contributed by atoms with Gasteiger partial charge in [-0.3, -0.25) is 4.79 Å². The monoisotopic (exact) mass is 278 g/mol. The molecule has 6 N–H and O–H groups in total. The van der Waals surface area contributed by atoms with E-state index in [1.807, 2.05) is 0 Å². The highest BCUT2D eigenvalue weighted by atomic mass is 16.2. The Balaban J connectivity index is 2.36. The average Bonchev–Trinajstić information content (AvgIpc) is 2.38. The van der Waals surface area contributed by atoms with Crippen molar-refractivity contribution >= 4 is 23.3 Å². The maximum atomic E-state index is 11.7. The van der Waals surface area contributed by atoms with E-state index in [-0.39, 0.29) is 5.91 Å². The number of hydrogen-bond acceptors (Lipinski definition) is 3. The number of benzene rings is 1. The Morgan fingerprint density at radius 1 is 1.00 bits per heavy atom. The van der Waals surface area contributed by atoms with Crippen molar-refractivity contribution in [1.82, 2.24) is 0 Å². The van der Waals surface area contributed by atoms with Gasteiger partial charge >= 0.3 is 6.03 Å². The Morgan fingerprint density at radius 2 is 1.65 bits per heavy atom. The SMILES string of the molecule is NCCCCCCC(=O)Nc1cccc(NC(N)=O)c1. The normalized spacial score (nSPS) is 10.1. The van der Waals surface area contributed by atoms with Crippen molar-refractivity contribution in [2.75, 3.05) is 17.2 Å². The first kappa shape index (κ1) is 16.0. The van der Waals surface area contributed by atoms with Crippen molar-refractivity contribution in [3.05, 3.63) is 24.3 Å². The van der Waals surface area contributed by atoms with Gasteiger partial charge in [0.1, 0.15) is 0 Å². The standard InChI is InChI=1S/C14H22N4O2/c15-9-4-2-1-3-8-13(19)17-11-6-5-7-12(10-11)18-14(16)20/h5-7,10H,1-4,8-9,15H2,(H,17,19)(H3,16,18,20). The molecule has 0 spiro atoms. The molecule has 20 heavy (non-hydrogen) atoms. The van der Waals surface area contributed by atoms with E-state index in [1.54, 1.807) is 24.3 Å². The number of nitrogens with two attached hydrogens (primary N) is 2. The number of hydrogen-bond donors (Lipinski definition) is 4. The Hall–Kier alpha value is -2.08. The van der Waals surface area contributed by atoms with E-state index in [4.69, 9.17) is 11.5 Å². The summed E-state index contributed by atoms with van der Waals surface area (Å²) in [6, 6.07) is 6.23. The lowest BCUT2D eigenvalue weighted by atomic mass is 10.1. The number of amides is 3. The molecule has 1 aromatic carbocycles. The Morgan fingerprint density at radius 3 is 2.30 bits per heavy atom. The van der Waals surface area contributed by atoms with E-state index in [9.17, 15) is 9.59 Å². The Bertz CT molecular complexity index is 449. The second-order valence-electron chi connectivity index (χ2n) is 4.57. The minimum absolute atomic E-state index is 0.0334. The smallest absolute Gasteiger partial charge is 0.316 e. The van der Waals surface area contributed by atoms with Gasteiger partial charge in [0.05, 0.1) is 0 Å². The van der Waals surface area contributed by atoms with E-state index in [2.05, 4.69) is 10.6 Å². The molecule has 110 valence electrons. The predicted molar refractivity (Wildman–Crippen MR) is 80.4 cm³/mol. The number of primary amides is 1. The Labute approximate surface area is 118 Å². The molecule has 0 saturated heterocycles. The van der Waals surface area contributed by atoms with Crippen LogP contribution in [0, 0.1) is 0 Å². The predicted octanol–water partition coefficient (Wildman–Crippen LogP) is 2.02.